The molecule has 0 fully saturated rings. The number of carbonyl (C=O) groups is 2. The third-order valence-corrected chi connectivity index (χ3v) is 5.01. The van der Waals surface area contributed by atoms with Crippen molar-refractivity contribution in [3.63, 3.8) is 0 Å². The van der Waals surface area contributed by atoms with Gasteiger partial charge in [-0.25, -0.2) is 0 Å². The summed E-state index contributed by atoms with van der Waals surface area (Å²) in [4.78, 5) is 30.0. The van der Waals surface area contributed by atoms with Crippen LogP contribution in [0.15, 0.2) is 54.7 Å². The SMILES string of the molecule is CC1(C)Nc2ccccc2N(CCOC(=O)Cc2c[nH]c3ccccc23)C1=O. The van der Waals surface area contributed by atoms with Crippen LogP contribution in [0.1, 0.15) is 19.4 Å². The lowest BCUT2D eigenvalue weighted by atomic mass is 9.98. The molecule has 6 nitrogen and oxygen atoms in total. The predicted octanol–water partition coefficient (Wildman–Crippen LogP) is 3.49. The van der Waals surface area contributed by atoms with Crippen molar-refractivity contribution in [2.45, 2.75) is 25.8 Å². The van der Waals surface area contributed by atoms with Crippen LogP contribution in [0.25, 0.3) is 10.9 Å². The Balaban J connectivity index is 1.40. The normalized spacial score (nSPS) is 15.2. The molecule has 0 saturated carbocycles. The molecule has 0 atom stereocenters. The number of aromatic nitrogens is 1. The first-order valence-electron chi connectivity index (χ1n) is 9.35. The number of anilines is 2. The highest BCUT2D eigenvalue weighted by atomic mass is 16.5. The lowest BCUT2D eigenvalue weighted by molar-refractivity contribution is -0.142. The zero-order valence-electron chi connectivity index (χ0n) is 16.0. The molecular formula is C22H23N3O3. The molecule has 144 valence electrons. The van der Waals surface area contributed by atoms with Crippen molar-refractivity contribution < 1.29 is 14.3 Å². The van der Waals surface area contributed by atoms with Crippen molar-refractivity contribution in [2.24, 2.45) is 0 Å². The molecule has 3 aromatic rings. The van der Waals surface area contributed by atoms with E-state index in [1.165, 1.54) is 0 Å². The van der Waals surface area contributed by atoms with E-state index in [2.05, 4.69) is 10.3 Å². The minimum Gasteiger partial charge on any atom is -0.464 e. The van der Waals surface area contributed by atoms with E-state index in [1.807, 2.05) is 68.6 Å². The smallest absolute Gasteiger partial charge is 0.310 e. The molecule has 0 bridgehead atoms. The van der Waals surface area contributed by atoms with Gasteiger partial charge in [0.25, 0.3) is 5.91 Å². The van der Waals surface area contributed by atoms with E-state index in [4.69, 9.17) is 4.74 Å². The van der Waals surface area contributed by atoms with Gasteiger partial charge in [-0.3, -0.25) is 9.59 Å². The molecule has 28 heavy (non-hydrogen) atoms. The predicted molar refractivity (Wildman–Crippen MR) is 109 cm³/mol. The molecule has 1 aliphatic rings. The van der Waals surface area contributed by atoms with Crippen LogP contribution in [0, 0.1) is 0 Å². The third-order valence-electron chi connectivity index (χ3n) is 5.01. The van der Waals surface area contributed by atoms with E-state index >= 15 is 0 Å². The van der Waals surface area contributed by atoms with Gasteiger partial charge in [0.1, 0.15) is 12.1 Å². The van der Waals surface area contributed by atoms with Gasteiger partial charge in [-0.1, -0.05) is 30.3 Å². The summed E-state index contributed by atoms with van der Waals surface area (Å²) in [5.74, 6) is -0.348. The van der Waals surface area contributed by atoms with Crippen molar-refractivity contribution in [3.05, 3.63) is 60.3 Å². The Bertz CT molecular complexity index is 1040. The Kier molecular flexibility index (Phi) is 4.55. The molecule has 0 unspecified atom stereocenters. The molecule has 6 heteroatoms. The first-order chi connectivity index (χ1) is 13.5. The number of carbonyl (C=O) groups excluding carboxylic acids is 2. The van der Waals surface area contributed by atoms with Crippen LogP contribution in [-0.4, -0.2) is 35.6 Å². The standard InChI is InChI=1S/C22H23N3O3/c1-22(2)21(27)25(19-10-6-5-9-18(19)24-22)11-12-28-20(26)13-15-14-23-17-8-4-3-7-16(15)17/h3-10,14,23-24H,11-13H2,1-2H3. The molecule has 2 aromatic carbocycles. The molecule has 0 saturated heterocycles. The van der Waals surface area contributed by atoms with Gasteiger partial charge in [-0.15, -0.1) is 0 Å². The van der Waals surface area contributed by atoms with Crippen LogP contribution in [0.4, 0.5) is 11.4 Å². The van der Waals surface area contributed by atoms with Gasteiger partial charge in [0, 0.05) is 17.1 Å². The lowest BCUT2D eigenvalue weighted by Crippen LogP contribution is -2.54. The first-order valence-corrected chi connectivity index (χ1v) is 9.35. The van der Waals surface area contributed by atoms with Gasteiger partial charge in [-0.2, -0.15) is 0 Å². The topological polar surface area (TPSA) is 74.4 Å². The average molecular weight is 377 g/mol. The molecule has 1 aromatic heterocycles. The molecule has 0 spiro atoms. The van der Waals surface area contributed by atoms with Crippen LogP contribution in [0.5, 0.6) is 0 Å². The largest absolute Gasteiger partial charge is 0.464 e. The molecule has 1 aliphatic heterocycles. The van der Waals surface area contributed by atoms with Gasteiger partial charge < -0.3 is 19.9 Å². The second kappa shape index (κ2) is 7.03. The fourth-order valence-electron chi connectivity index (χ4n) is 3.61. The minimum absolute atomic E-state index is 0.0427. The minimum atomic E-state index is -0.706. The van der Waals surface area contributed by atoms with Gasteiger partial charge in [-0.05, 0) is 37.6 Å². The van der Waals surface area contributed by atoms with Crippen molar-refractivity contribution in [1.29, 1.82) is 0 Å². The van der Waals surface area contributed by atoms with Crippen LogP contribution in [-0.2, 0) is 20.7 Å². The summed E-state index contributed by atoms with van der Waals surface area (Å²) in [5.41, 5.74) is 2.90. The Morgan fingerprint density at radius 1 is 1.11 bits per heavy atom. The number of H-pyrrole nitrogens is 1. The summed E-state index contributed by atoms with van der Waals surface area (Å²) in [6, 6.07) is 15.5. The Labute approximate surface area is 163 Å². The zero-order valence-corrected chi connectivity index (χ0v) is 16.0. The first kappa shape index (κ1) is 18.1. The number of rotatable bonds is 5. The van der Waals surface area contributed by atoms with Gasteiger partial charge in [0.05, 0.1) is 24.3 Å². The summed E-state index contributed by atoms with van der Waals surface area (Å²) in [6.07, 6.45) is 2.03. The summed E-state index contributed by atoms with van der Waals surface area (Å²) in [6.45, 7) is 4.17. The summed E-state index contributed by atoms with van der Waals surface area (Å²) < 4.78 is 5.43. The molecule has 4 rings (SSSR count). The maximum absolute atomic E-state index is 12.8. The second-order valence-electron chi connectivity index (χ2n) is 7.48. The molecule has 2 N–H and O–H groups in total. The maximum atomic E-state index is 12.8. The van der Waals surface area contributed by atoms with Crippen LogP contribution >= 0.6 is 0 Å². The number of hydrogen-bond donors (Lipinski definition) is 2. The van der Waals surface area contributed by atoms with E-state index in [1.54, 1.807) is 4.90 Å². The van der Waals surface area contributed by atoms with Crippen molar-refractivity contribution in [1.82, 2.24) is 4.98 Å². The number of esters is 1. The summed E-state index contributed by atoms with van der Waals surface area (Å²) in [5, 5.41) is 4.28. The van der Waals surface area contributed by atoms with Gasteiger partial charge in [0.15, 0.2) is 0 Å². The van der Waals surface area contributed by atoms with Gasteiger partial charge >= 0.3 is 5.97 Å². The number of nitrogens with zero attached hydrogens (tertiary/aromatic N) is 1. The van der Waals surface area contributed by atoms with Crippen LogP contribution in [0.2, 0.25) is 0 Å². The average Bonchev–Trinajstić information content (AvgIpc) is 3.07. The Morgan fingerprint density at radius 2 is 1.86 bits per heavy atom. The maximum Gasteiger partial charge on any atom is 0.310 e. The number of aromatic amines is 1. The van der Waals surface area contributed by atoms with Crippen molar-refractivity contribution in [3.8, 4) is 0 Å². The fourth-order valence-corrected chi connectivity index (χ4v) is 3.61. The highest BCUT2D eigenvalue weighted by Crippen LogP contribution is 2.34. The monoisotopic (exact) mass is 377 g/mol. The van der Waals surface area contributed by atoms with E-state index in [-0.39, 0.29) is 24.9 Å². The number of amides is 1. The van der Waals surface area contributed by atoms with E-state index in [0.717, 1.165) is 27.8 Å². The number of benzene rings is 2. The van der Waals surface area contributed by atoms with E-state index in [0.29, 0.717) is 6.54 Å². The number of para-hydroxylation sites is 3. The van der Waals surface area contributed by atoms with Crippen molar-refractivity contribution in [2.75, 3.05) is 23.4 Å². The van der Waals surface area contributed by atoms with E-state index < -0.39 is 5.54 Å². The molecule has 0 radical (unpaired) electrons. The Hall–Kier alpha value is -3.28. The quantitative estimate of drug-likeness (QED) is 0.668. The highest BCUT2D eigenvalue weighted by Gasteiger charge is 2.38. The Morgan fingerprint density at radius 3 is 2.71 bits per heavy atom. The summed E-state index contributed by atoms with van der Waals surface area (Å²) >= 11 is 0. The lowest BCUT2D eigenvalue weighted by Gasteiger charge is -2.39. The number of ether oxygens (including phenoxy) is 1. The molecule has 1 amide bonds. The number of fused-ring (bicyclic) bond motifs is 2. The van der Waals surface area contributed by atoms with Crippen LogP contribution < -0.4 is 10.2 Å². The second-order valence-corrected chi connectivity index (χ2v) is 7.48. The third kappa shape index (κ3) is 3.33. The molecular weight excluding hydrogens is 354 g/mol. The molecule has 2 heterocycles. The van der Waals surface area contributed by atoms with Gasteiger partial charge in [0.2, 0.25) is 0 Å². The van der Waals surface area contributed by atoms with E-state index in [9.17, 15) is 9.59 Å². The van der Waals surface area contributed by atoms with Crippen molar-refractivity contribution >= 4 is 34.2 Å². The van der Waals surface area contributed by atoms with Crippen LogP contribution in [0.3, 0.4) is 0 Å². The highest BCUT2D eigenvalue weighted by molar-refractivity contribution is 6.07. The molecule has 0 aliphatic carbocycles. The fraction of sp³-hybridized carbons (Fsp3) is 0.273. The summed E-state index contributed by atoms with van der Waals surface area (Å²) in [7, 11) is 0. The number of hydrogen-bond acceptors (Lipinski definition) is 4. The zero-order chi connectivity index (χ0) is 19.7. The number of nitrogens with one attached hydrogen (secondary N) is 2.